The standard InChI is InChI=1S/C16H24N4O2/c1-12-4-7-19(8-5-12)16-17-10-13-14(18-16)11-20(15(13)21)6-3-9-22-2/h10,12H,3-9,11H2,1-2H3. The van der Waals surface area contributed by atoms with E-state index in [2.05, 4.69) is 21.8 Å². The van der Waals surface area contributed by atoms with Crippen molar-refractivity contribution in [2.75, 3.05) is 38.3 Å². The Bertz CT molecular complexity index is 541. The van der Waals surface area contributed by atoms with Crippen LogP contribution in [0, 0.1) is 5.92 Å². The van der Waals surface area contributed by atoms with Crippen LogP contribution in [0.1, 0.15) is 42.2 Å². The molecule has 3 heterocycles. The third kappa shape index (κ3) is 3.06. The lowest BCUT2D eigenvalue weighted by Crippen LogP contribution is -2.34. The molecule has 0 N–H and O–H groups in total. The average Bonchev–Trinajstić information content (AvgIpc) is 2.84. The van der Waals surface area contributed by atoms with E-state index in [-0.39, 0.29) is 5.91 Å². The number of rotatable bonds is 5. The first kappa shape index (κ1) is 15.2. The van der Waals surface area contributed by atoms with Crippen LogP contribution in [0.4, 0.5) is 5.95 Å². The second-order valence-electron chi connectivity index (χ2n) is 6.27. The van der Waals surface area contributed by atoms with E-state index in [1.54, 1.807) is 13.3 Å². The number of hydrogen-bond donors (Lipinski definition) is 0. The van der Waals surface area contributed by atoms with Crippen LogP contribution < -0.4 is 4.90 Å². The number of methoxy groups -OCH3 is 1. The maximum atomic E-state index is 12.3. The minimum absolute atomic E-state index is 0.0462. The second-order valence-corrected chi connectivity index (χ2v) is 6.27. The Kier molecular flexibility index (Phi) is 4.57. The van der Waals surface area contributed by atoms with Crippen molar-refractivity contribution in [2.24, 2.45) is 5.92 Å². The first-order valence-corrected chi connectivity index (χ1v) is 8.08. The second kappa shape index (κ2) is 6.60. The Morgan fingerprint density at radius 2 is 2.14 bits per heavy atom. The summed E-state index contributed by atoms with van der Waals surface area (Å²) in [5.74, 6) is 1.60. The maximum absolute atomic E-state index is 12.3. The van der Waals surface area contributed by atoms with Gasteiger partial charge < -0.3 is 14.5 Å². The van der Waals surface area contributed by atoms with Gasteiger partial charge in [-0.1, -0.05) is 6.92 Å². The lowest BCUT2D eigenvalue weighted by Gasteiger charge is -2.30. The quantitative estimate of drug-likeness (QED) is 0.775. The smallest absolute Gasteiger partial charge is 0.257 e. The van der Waals surface area contributed by atoms with Crippen molar-refractivity contribution in [1.29, 1.82) is 0 Å². The summed E-state index contributed by atoms with van der Waals surface area (Å²) in [7, 11) is 1.68. The molecular formula is C16H24N4O2. The Balaban J connectivity index is 1.68. The van der Waals surface area contributed by atoms with E-state index in [9.17, 15) is 4.79 Å². The summed E-state index contributed by atoms with van der Waals surface area (Å²) in [5, 5.41) is 0. The molecule has 0 aromatic carbocycles. The number of hydrogen-bond acceptors (Lipinski definition) is 5. The third-order valence-electron chi connectivity index (χ3n) is 4.56. The molecule has 22 heavy (non-hydrogen) atoms. The molecule has 1 amide bonds. The minimum Gasteiger partial charge on any atom is -0.385 e. The highest BCUT2D eigenvalue weighted by molar-refractivity contribution is 5.97. The van der Waals surface area contributed by atoms with Crippen LogP contribution in [-0.4, -0.2) is 54.1 Å². The van der Waals surface area contributed by atoms with Crippen LogP contribution in [0.2, 0.25) is 0 Å². The van der Waals surface area contributed by atoms with E-state index < -0.39 is 0 Å². The first-order valence-electron chi connectivity index (χ1n) is 8.08. The lowest BCUT2D eigenvalue weighted by molar-refractivity contribution is 0.0759. The van der Waals surface area contributed by atoms with Gasteiger partial charge >= 0.3 is 0 Å². The molecule has 0 saturated carbocycles. The van der Waals surface area contributed by atoms with Gasteiger partial charge in [-0.15, -0.1) is 0 Å². The van der Waals surface area contributed by atoms with Crippen molar-refractivity contribution in [3.63, 3.8) is 0 Å². The van der Waals surface area contributed by atoms with Crippen molar-refractivity contribution in [3.8, 4) is 0 Å². The maximum Gasteiger partial charge on any atom is 0.257 e. The molecule has 0 radical (unpaired) electrons. The normalized spacial score (nSPS) is 18.9. The predicted molar refractivity (Wildman–Crippen MR) is 83.9 cm³/mol. The topological polar surface area (TPSA) is 58.6 Å². The Morgan fingerprint density at radius 3 is 2.86 bits per heavy atom. The van der Waals surface area contributed by atoms with E-state index in [4.69, 9.17) is 4.74 Å². The molecule has 0 aliphatic carbocycles. The van der Waals surface area contributed by atoms with Gasteiger partial charge in [-0.2, -0.15) is 0 Å². The predicted octanol–water partition coefficient (Wildman–Crippen LogP) is 1.71. The van der Waals surface area contributed by atoms with Gasteiger partial charge in [0, 0.05) is 39.5 Å². The Labute approximate surface area is 131 Å². The number of piperidine rings is 1. The molecule has 1 aromatic heterocycles. The van der Waals surface area contributed by atoms with Gasteiger partial charge in [-0.05, 0) is 25.2 Å². The molecule has 1 saturated heterocycles. The van der Waals surface area contributed by atoms with E-state index in [1.165, 1.54) is 12.8 Å². The number of ether oxygens (including phenoxy) is 1. The van der Waals surface area contributed by atoms with Crippen LogP contribution in [0.25, 0.3) is 0 Å². The number of carbonyl (C=O) groups is 1. The van der Waals surface area contributed by atoms with E-state index in [0.717, 1.165) is 37.1 Å². The summed E-state index contributed by atoms with van der Waals surface area (Å²) in [6, 6.07) is 0. The minimum atomic E-state index is 0.0462. The number of anilines is 1. The highest BCUT2D eigenvalue weighted by Crippen LogP contribution is 2.25. The largest absolute Gasteiger partial charge is 0.385 e. The summed E-state index contributed by atoms with van der Waals surface area (Å²) < 4.78 is 5.05. The average molecular weight is 304 g/mol. The summed E-state index contributed by atoms with van der Waals surface area (Å²) in [4.78, 5) is 25.5. The number of amides is 1. The molecule has 2 aliphatic heterocycles. The fourth-order valence-corrected chi connectivity index (χ4v) is 3.07. The Morgan fingerprint density at radius 1 is 1.36 bits per heavy atom. The molecule has 0 unspecified atom stereocenters. The molecule has 0 spiro atoms. The van der Waals surface area contributed by atoms with Crippen LogP contribution in [0.3, 0.4) is 0 Å². The van der Waals surface area contributed by atoms with Crippen molar-refractivity contribution in [2.45, 2.75) is 32.7 Å². The van der Waals surface area contributed by atoms with Crippen molar-refractivity contribution in [3.05, 3.63) is 17.5 Å². The van der Waals surface area contributed by atoms with Gasteiger partial charge in [0.2, 0.25) is 5.95 Å². The van der Waals surface area contributed by atoms with Crippen LogP contribution in [-0.2, 0) is 11.3 Å². The summed E-state index contributed by atoms with van der Waals surface area (Å²) in [6.45, 7) is 6.27. The van der Waals surface area contributed by atoms with Crippen molar-refractivity contribution >= 4 is 11.9 Å². The van der Waals surface area contributed by atoms with Crippen LogP contribution in [0.5, 0.6) is 0 Å². The van der Waals surface area contributed by atoms with Crippen molar-refractivity contribution in [1.82, 2.24) is 14.9 Å². The number of fused-ring (bicyclic) bond motifs is 1. The molecular weight excluding hydrogens is 280 g/mol. The van der Waals surface area contributed by atoms with Crippen LogP contribution >= 0.6 is 0 Å². The number of aromatic nitrogens is 2. The van der Waals surface area contributed by atoms with Gasteiger partial charge in [0.15, 0.2) is 0 Å². The fraction of sp³-hybridized carbons (Fsp3) is 0.688. The van der Waals surface area contributed by atoms with E-state index in [0.29, 0.717) is 25.3 Å². The molecule has 120 valence electrons. The van der Waals surface area contributed by atoms with Crippen molar-refractivity contribution < 1.29 is 9.53 Å². The number of carbonyl (C=O) groups excluding carboxylic acids is 1. The zero-order valence-corrected chi connectivity index (χ0v) is 13.4. The summed E-state index contributed by atoms with van der Waals surface area (Å²) in [5.41, 5.74) is 1.53. The molecule has 6 heteroatoms. The highest BCUT2D eigenvalue weighted by Gasteiger charge is 2.30. The van der Waals surface area contributed by atoms with Gasteiger partial charge in [0.05, 0.1) is 17.8 Å². The number of nitrogens with zero attached hydrogens (tertiary/aromatic N) is 4. The summed E-state index contributed by atoms with van der Waals surface area (Å²) >= 11 is 0. The lowest BCUT2D eigenvalue weighted by atomic mass is 10.00. The molecule has 6 nitrogen and oxygen atoms in total. The third-order valence-corrected chi connectivity index (χ3v) is 4.56. The zero-order valence-electron chi connectivity index (χ0n) is 13.4. The fourth-order valence-electron chi connectivity index (χ4n) is 3.07. The Hall–Kier alpha value is -1.69. The first-order chi connectivity index (χ1) is 10.7. The molecule has 0 bridgehead atoms. The van der Waals surface area contributed by atoms with Gasteiger partial charge in [-0.3, -0.25) is 4.79 Å². The van der Waals surface area contributed by atoms with Crippen LogP contribution in [0.15, 0.2) is 6.20 Å². The van der Waals surface area contributed by atoms with Gasteiger partial charge in [0.25, 0.3) is 5.91 Å². The van der Waals surface area contributed by atoms with Gasteiger partial charge in [0.1, 0.15) is 0 Å². The van der Waals surface area contributed by atoms with E-state index >= 15 is 0 Å². The summed E-state index contributed by atoms with van der Waals surface area (Å²) in [6.07, 6.45) is 4.92. The monoisotopic (exact) mass is 304 g/mol. The molecule has 2 aliphatic rings. The molecule has 1 fully saturated rings. The van der Waals surface area contributed by atoms with E-state index in [1.807, 2.05) is 4.90 Å². The molecule has 1 aromatic rings. The SMILES string of the molecule is COCCCN1Cc2nc(N3CCC(C)CC3)ncc2C1=O. The zero-order chi connectivity index (χ0) is 15.5. The van der Waals surface area contributed by atoms with Gasteiger partial charge in [-0.25, -0.2) is 9.97 Å². The highest BCUT2D eigenvalue weighted by atomic mass is 16.5. The molecule has 3 rings (SSSR count). The molecule has 0 atom stereocenters.